The first-order valence-electron chi connectivity index (χ1n) is 6.26. The Kier molecular flexibility index (Phi) is 4.96. The van der Waals surface area contributed by atoms with Crippen molar-refractivity contribution < 1.29 is 9.53 Å². The van der Waals surface area contributed by atoms with E-state index in [1.165, 1.54) is 4.90 Å². The lowest BCUT2D eigenvalue weighted by molar-refractivity contribution is 0.0809. The molecule has 0 saturated heterocycles. The molecule has 0 bridgehead atoms. The number of hydrogen-bond acceptors (Lipinski definition) is 3. The van der Waals surface area contributed by atoms with Crippen LogP contribution in [0.4, 0.5) is 0 Å². The van der Waals surface area contributed by atoms with E-state index in [9.17, 15) is 4.79 Å². The Labute approximate surface area is 131 Å². The number of nitriles is 1. The number of halogens is 1. The van der Waals surface area contributed by atoms with Crippen molar-refractivity contribution >= 4 is 21.8 Å². The molecule has 0 saturated carbocycles. The predicted octanol–water partition coefficient (Wildman–Crippen LogP) is 3.84. The molecular formula is C16H13BrN2O2. The number of nitrogens with zero attached hydrogens (tertiary/aromatic N) is 2. The molecule has 21 heavy (non-hydrogen) atoms. The third-order valence-corrected chi connectivity index (χ3v) is 3.29. The Bertz CT molecular complexity index is 695. The molecule has 0 aliphatic heterocycles. The highest BCUT2D eigenvalue weighted by Crippen LogP contribution is 2.27. The minimum Gasteiger partial charge on any atom is -0.456 e. The first-order valence-corrected chi connectivity index (χ1v) is 7.06. The van der Waals surface area contributed by atoms with Crippen molar-refractivity contribution in [3.8, 4) is 17.6 Å². The molecule has 0 radical (unpaired) electrons. The van der Waals surface area contributed by atoms with E-state index in [1.54, 1.807) is 31.3 Å². The van der Waals surface area contributed by atoms with E-state index in [4.69, 9.17) is 10.00 Å². The van der Waals surface area contributed by atoms with Gasteiger partial charge in [0.2, 0.25) is 0 Å². The van der Waals surface area contributed by atoms with Crippen LogP contribution >= 0.6 is 15.9 Å². The minimum absolute atomic E-state index is 0.0318. The van der Waals surface area contributed by atoms with Crippen LogP contribution in [-0.2, 0) is 0 Å². The Morgan fingerprint density at radius 1 is 1.29 bits per heavy atom. The van der Waals surface area contributed by atoms with Crippen molar-refractivity contribution in [2.45, 2.75) is 0 Å². The summed E-state index contributed by atoms with van der Waals surface area (Å²) in [5.41, 5.74) is 0.426. The van der Waals surface area contributed by atoms with E-state index >= 15 is 0 Å². The molecule has 2 aromatic carbocycles. The normalized spacial score (nSPS) is 9.76. The summed E-state index contributed by atoms with van der Waals surface area (Å²) in [6.45, 7) is 0.0318. The van der Waals surface area contributed by atoms with Gasteiger partial charge in [-0.1, -0.05) is 34.1 Å². The zero-order valence-corrected chi connectivity index (χ0v) is 13.0. The van der Waals surface area contributed by atoms with Gasteiger partial charge >= 0.3 is 0 Å². The van der Waals surface area contributed by atoms with Crippen LogP contribution in [0.2, 0.25) is 0 Å². The molecule has 0 aliphatic rings. The van der Waals surface area contributed by atoms with Crippen molar-refractivity contribution in [3.05, 3.63) is 58.6 Å². The van der Waals surface area contributed by atoms with E-state index < -0.39 is 0 Å². The van der Waals surface area contributed by atoms with Crippen LogP contribution in [0, 0.1) is 11.3 Å². The lowest BCUT2D eigenvalue weighted by Gasteiger charge is -2.16. The molecule has 2 rings (SSSR count). The summed E-state index contributed by atoms with van der Waals surface area (Å²) in [5.74, 6) is 0.847. The van der Waals surface area contributed by atoms with Crippen LogP contribution in [0.3, 0.4) is 0 Å². The number of amides is 1. The number of hydrogen-bond donors (Lipinski definition) is 0. The summed E-state index contributed by atoms with van der Waals surface area (Å²) in [6, 6.07) is 16.3. The Morgan fingerprint density at radius 2 is 2.05 bits per heavy atom. The second-order valence-electron chi connectivity index (χ2n) is 4.37. The highest BCUT2D eigenvalue weighted by Gasteiger charge is 2.16. The maximum Gasteiger partial charge on any atom is 0.258 e. The van der Waals surface area contributed by atoms with E-state index in [0.717, 1.165) is 4.47 Å². The molecule has 0 N–H and O–H groups in total. The van der Waals surface area contributed by atoms with Crippen LogP contribution in [0.25, 0.3) is 0 Å². The zero-order chi connectivity index (χ0) is 15.2. The largest absolute Gasteiger partial charge is 0.456 e. The molecule has 0 heterocycles. The highest BCUT2D eigenvalue weighted by molar-refractivity contribution is 9.10. The smallest absolute Gasteiger partial charge is 0.258 e. The molecule has 0 spiro atoms. The summed E-state index contributed by atoms with van der Waals surface area (Å²) in [6.07, 6.45) is 0. The molecule has 1 amide bonds. The summed E-state index contributed by atoms with van der Waals surface area (Å²) < 4.78 is 6.67. The first kappa shape index (κ1) is 15.1. The van der Waals surface area contributed by atoms with Crippen molar-refractivity contribution in [3.63, 3.8) is 0 Å². The van der Waals surface area contributed by atoms with E-state index in [1.807, 2.05) is 30.3 Å². The summed E-state index contributed by atoms with van der Waals surface area (Å²) in [4.78, 5) is 13.6. The Balaban J connectivity index is 2.29. The molecule has 0 atom stereocenters. The predicted molar refractivity (Wildman–Crippen MR) is 83.2 cm³/mol. The summed E-state index contributed by atoms with van der Waals surface area (Å²) >= 11 is 3.38. The van der Waals surface area contributed by atoms with E-state index in [0.29, 0.717) is 17.1 Å². The third-order valence-electron chi connectivity index (χ3n) is 2.80. The second-order valence-corrected chi connectivity index (χ2v) is 5.29. The molecule has 0 fully saturated rings. The standard InChI is InChI=1S/C16H13BrN2O2/c1-19(10-9-18)16(20)14-7-2-3-8-15(14)21-13-6-4-5-12(17)11-13/h2-8,11H,10H2,1H3. The number of carbonyl (C=O) groups excluding carboxylic acids is 1. The fraction of sp³-hybridized carbons (Fsp3) is 0.125. The highest BCUT2D eigenvalue weighted by atomic mass is 79.9. The lowest BCUT2D eigenvalue weighted by Crippen LogP contribution is -2.27. The summed E-state index contributed by atoms with van der Waals surface area (Å²) in [5, 5.41) is 8.69. The lowest BCUT2D eigenvalue weighted by atomic mass is 10.1. The van der Waals surface area contributed by atoms with E-state index in [2.05, 4.69) is 15.9 Å². The quantitative estimate of drug-likeness (QED) is 0.792. The Hall–Kier alpha value is -2.32. The molecule has 106 valence electrons. The van der Waals surface area contributed by atoms with Gasteiger partial charge in [-0.3, -0.25) is 4.79 Å². The molecule has 0 unspecified atom stereocenters. The van der Waals surface area contributed by atoms with Crippen LogP contribution in [-0.4, -0.2) is 24.4 Å². The fourth-order valence-electron chi connectivity index (χ4n) is 1.77. The average Bonchev–Trinajstić information content (AvgIpc) is 2.47. The molecule has 4 nitrogen and oxygen atoms in total. The van der Waals surface area contributed by atoms with Gasteiger partial charge in [0.05, 0.1) is 11.6 Å². The van der Waals surface area contributed by atoms with Crippen LogP contribution in [0.15, 0.2) is 53.0 Å². The first-order chi connectivity index (χ1) is 10.1. The molecule has 5 heteroatoms. The third kappa shape index (κ3) is 3.83. The number of benzene rings is 2. The van der Waals surface area contributed by atoms with Gasteiger partial charge in [-0.05, 0) is 30.3 Å². The molecule has 2 aromatic rings. The van der Waals surface area contributed by atoms with Gasteiger partial charge in [0, 0.05) is 11.5 Å². The van der Waals surface area contributed by atoms with Gasteiger partial charge in [-0.2, -0.15) is 5.26 Å². The van der Waals surface area contributed by atoms with Gasteiger partial charge in [-0.25, -0.2) is 0 Å². The second kappa shape index (κ2) is 6.91. The molecule has 0 aromatic heterocycles. The van der Waals surface area contributed by atoms with Crippen LogP contribution in [0.5, 0.6) is 11.5 Å². The molecular weight excluding hydrogens is 332 g/mol. The fourth-order valence-corrected chi connectivity index (χ4v) is 2.15. The van der Waals surface area contributed by atoms with Crippen LogP contribution in [0.1, 0.15) is 10.4 Å². The number of carbonyl (C=O) groups is 1. The zero-order valence-electron chi connectivity index (χ0n) is 11.4. The van der Waals surface area contributed by atoms with Gasteiger partial charge < -0.3 is 9.64 Å². The van der Waals surface area contributed by atoms with Crippen molar-refractivity contribution in [2.24, 2.45) is 0 Å². The van der Waals surface area contributed by atoms with Crippen molar-refractivity contribution in [1.82, 2.24) is 4.90 Å². The molecule has 0 aliphatic carbocycles. The minimum atomic E-state index is -0.248. The average molecular weight is 345 g/mol. The van der Waals surface area contributed by atoms with Crippen molar-refractivity contribution in [1.29, 1.82) is 5.26 Å². The Morgan fingerprint density at radius 3 is 2.76 bits per heavy atom. The van der Waals surface area contributed by atoms with E-state index in [-0.39, 0.29) is 12.5 Å². The number of rotatable bonds is 4. The van der Waals surface area contributed by atoms with Gasteiger partial charge in [0.1, 0.15) is 18.0 Å². The summed E-state index contributed by atoms with van der Waals surface area (Å²) in [7, 11) is 1.58. The van der Waals surface area contributed by atoms with Crippen LogP contribution < -0.4 is 4.74 Å². The number of para-hydroxylation sites is 1. The SMILES string of the molecule is CN(CC#N)C(=O)c1ccccc1Oc1cccc(Br)c1. The van der Waals surface area contributed by atoms with Gasteiger partial charge in [0.25, 0.3) is 5.91 Å². The topological polar surface area (TPSA) is 53.3 Å². The monoisotopic (exact) mass is 344 g/mol. The van der Waals surface area contributed by atoms with Gasteiger partial charge in [0.15, 0.2) is 0 Å². The maximum atomic E-state index is 12.3. The van der Waals surface area contributed by atoms with Crippen molar-refractivity contribution in [2.75, 3.05) is 13.6 Å². The maximum absolute atomic E-state index is 12.3. The number of ether oxygens (including phenoxy) is 1. The van der Waals surface area contributed by atoms with Gasteiger partial charge in [-0.15, -0.1) is 0 Å².